The van der Waals surface area contributed by atoms with E-state index in [9.17, 15) is 5.11 Å². The van der Waals surface area contributed by atoms with Crippen LogP contribution in [0.1, 0.15) is 19.8 Å². The van der Waals surface area contributed by atoms with E-state index in [1.54, 1.807) is 0 Å². The summed E-state index contributed by atoms with van der Waals surface area (Å²) in [6, 6.07) is 0.432. The van der Waals surface area contributed by atoms with Crippen LogP contribution in [0.15, 0.2) is 0 Å². The van der Waals surface area contributed by atoms with E-state index in [-0.39, 0.29) is 0 Å². The Bertz CT molecular complexity index is 185. The van der Waals surface area contributed by atoms with E-state index >= 15 is 0 Å². The van der Waals surface area contributed by atoms with E-state index in [1.165, 1.54) is 6.42 Å². The summed E-state index contributed by atoms with van der Waals surface area (Å²) in [6.07, 6.45) is 2.15. The van der Waals surface area contributed by atoms with Crippen molar-refractivity contribution in [3.63, 3.8) is 0 Å². The van der Waals surface area contributed by atoms with E-state index in [2.05, 4.69) is 16.8 Å². The second-order valence-corrected chi connectivity index (χ2v) is 4.75. The van der Waals surface area contributed by atoms with Gasteiger partial charge in [0, 0.05) is 32.2 Å². The SMILES string of the molecule is CN1CCN([C@H]2CC[C@]2(C)O)CC1. The molecule has 2 fully saturated rings. The van der Waals surface area contributed by atoms with Crippen molar-refractivity contribution in [3.8, 4) is 0 Å². The van der Waals surface area contributed by atoms with Gasteiger partial charge >= 0.3 is 0 Å². The van der Waals surface area contributed by atoms with Crippen molar-refractivity contribution in [2.24, 2.45) is 0 Å². The van der Waals surface area contributed by atoms with Crippen LogP contribution in [0, 0.1) is 0 Å². The van der Waals surface area contributed by atoms with Crippen molar-refractivity contribution in [3.05, 3.63) is 0 Å². The lowest BCUT2D eigenvalue weighted by Gasteiger charge is -2.51. The lowest BCUT2D eigenvalue weighted by atomic mass is 9.75. The fraction of sp³-hybridized carbons (Fsp3) is 1.00. The number of piperazine rings is 1. The number of likely N-dealkylation sites (N-methyl/N-ethyl adjacent to an activating group) is 1. The monoisotopic (exact) mass is 184 g/mol. The highest BCUT2D eigenvalue weighted by Crippen LogP contribution is 2.36. The molecule has 1 saturated carbocycles. The normalized spacial score (nSPS) is 43.2. The summed E-state index contributed by atoms with van der Waals surface area (Å²) in [4.78, 5) is 4.80. The number of nitrogens with zero attached hydrogens (tertiary/aromatic N) is 2. The molecule has 0 spiro atoms. The summed E-state index contributed by atoms with van der Waals surface area (Å²) in [6.45, 7) is 6.51. The maximum Gasteiger partial charge on any atom is 0.0774 e. The first-order chi connectivity index (χ1) is 6.09. The standard InChI is InChI=1S/C10H20N2O/c1-10(13)4-3-9(10)12-7-5-11(2)6-8-12/h9,13H,3-8H2,1-2H3/t9-,10-/m0/s1. The van der Waals surface area contributed by atoms with Crippen LogP contribution in [0.3, 0.4) is 0 Å². The highest BCUT2D eigenvalue weighted by atomic mass is 16.3. The molecular weight excluding hydrogens is 164 g/mol. The van der Waals surface area contributed by atoms with Gasteiger partial charge in [-0.1, -0.05) is 0 Å². The highest BCUT2D eigenvalue weighted by molar-refractivity contribution is 5.00. The first-order valence-electron chi connectivity index (χ1n) is 5.24. The number of aliphatic hydroxyl groups is 1. The molecule has 0 unspecified atom stereocenters. The van der Waals surface area contributed by atoms with Crippen molar-refractivity contribution in [1.29, 1.82) is 0 Å². The van der Waals surface area contributed by atoms with Gasteiger partial charge in [0.2, 0.25) is 0 Å². The minimum Gasteiger partial charge on any atom is -0.389 e. The molecule has 0 bridgehead atoms. The van der Waals surface area contributed by atoms with Gasteiger partial charge in [-0.3, -0.25) is 4.90 Å². The van der Waals surface area contributed by atoms with E-state index in [4.69, 9.17) is 0 Å². The van der Waals surface area contributed by atoms with Gasteiger partial charge in [-0.05, 0) is 26.8 Å². The van der Waals surface area contributed by atoms with Gasteiger partial charge in [0.05, 0.1) is 5.60 Å². The summed E-state index contributed by atoms with van der Waals surface area (Å²) < 4.78 is 0. The summed E-state index contributed by atoms with van der Waals surface area (Å²) in [7, 11) is 2.16. The van der Waals surface area contributed by atoms with E-state index in [1.807, 2.05) is 6.92 Å². The fourth-order valence-electron chi connectivity index (χ4n) is 2.40. The molecule has 0 aromatic carbocycles. The quantitative estimate of drug-likeness (QED) is 0.628. The van der Waals surface area contributed by atoms with Crippen LogP contribution >= 0.6 is 0 Å². The Morgan fingerprint density at radius 1 is 1.23 bits per heavy atom. The summed E-state index contributed by atoms with van der Waals surface area (Å²) >= 11 is 0. The summed E-state index contributed by atoms with van der Waals surface area (Å²) in [5.41, 5.74) is -0.407. The first kappa shape index (κ1) is 9.44. The van der Waals surface area contributed by atoms with Crippen LogP contribution < -0.4 is 0 Å². The maximum absolute atomic E-state index is 9.94. The van der Waals surface area contributed by atoms with Crippen molar-refractivity contribution < 1.29 is 5.11 Å². The zero-order valence-electron chi connectivity index (χ0n) is 8.66. The topological polar surface area (TPSA) is 26.7 Å². The average molecular weight is 184 g/mol. The number of hydrogen-bond acceptors (Lipinski definition) is 3. The van der Waals surface area contributed by atoms with Gasteiger partial charge in [0.1, 0.15) is 0 Å². The van der Waals surface area contributed by atoms with E-state index < -0.39 is 5.60 Å². The molecule has 0 aromatic heterocycles. The average Bonchev–Trinajstić information content (AvgIpc) is 2.07. The molecule has 2 rings (SSSR count). The maximum atomic E-state index is 9.94. The van der Waals surface area contributed by atoms with Crippen LogP contribution in [-0.2, 0) is 0 Å². The minimum atomic E-state index is -0.407. The molecule has 1 heterocycles. The van der Waals surface area contributed by atoms with Gasteiger partial charge in [-0.2, -0.15) is 0 Å². The Morgan fingerprint density at radius 2 is 1.85 bits per heavy atom. The third-order valence-electron chi connectivity index (χ3n) is 3.62. The summed E-state index contributed by atoms with van der Waals surface area (Å²) in [5.74, 6) is 0. The van der Waals surface area contributed by atoms with Crippen LogP contribution in [0.4, 0.5) is 0 Å². The van der Waals surface area contributed by atoms with Crippen molar-refractivity contribution in [2.75, 3.05) is 33.2 Å². The number of hydrogen-bond donors (Lipinski definition) is 1. The van der Waals surface area contributed by atoms with Crippen LogP contribution in [0.5, 0.6) is 0 Å². The molecule has 13 heavy (non-hydrogen) atoms. The van der Waals surface area contributed by atoms with Gasteiger partial charge in [0.25, 0.3) is 0 Å². The van der Waals surface area contributed by atoms with E-state index in [0.717, 1.165) is 32.6 Å². The molecule has 0 radical (unpaired) electrons. The Kier molecular flexibility index (Phi) is 2.34. The molecule has 3 heteroatoms. The second kappa shape index (κ2) is 3.23. The molecule has 2 aliphatic rings. The molecule has 1 aliphatic heterocycles. The zero-order chi connectivity index (χ0) is 9.47. The smallest absolute Gasteiger partial charge is 0.0774 e. The van der Waals surface area contributed by atoms with Crippen molar-refractivity contribution in [2.45, 2.75) is 31.4 Å². The van der Waals surface area contributed by atoms with Gasteiger partial charge in [-0.25, -0.2) is 0 Å². The lowest BCUT2D eigenvalue weighted by molar-refractivity contribution is -0.111. The predicted octanol–water partition coefficient (Wildman–Crippen LogP) is 0.147. The van der Waals surface area contributed by atoms with Crippen LogP contribution in [0.25, 0.3) is 0 Å². The first-order valence-corrected chi connectivity index (χ1v) is 5.24. The third-order valence-corrected chi connectivity index (χ3v) is 3.62. The Balaban J connectivity index is 1.88. The zero-order valence-corrected chi connectivity index (χ0v) is 8.66. The van der Waals surface area contributed by atoms with Gasteiger partial charge in [0.15, 0.2) is 0 Å². The molecule has 0 aromatic rings. The van der Waals surface area contributed by atoms with Gasteiger partial charge in [-0.15, -0.1) is 0 Å². The number of rotatable bonds is 1. The highest BCUT2D eigenvalue weighted by Gasteiger charge is 2.44. The Morgan fingerprint density at radius 3 is 2.23 bits per heavy atom. The minimum absolute atomic E-state index is 0.407. The molecule has 1 saturated heterocycles. The third kappa shape index (κ3) is 1.73. The lowest BCUT2D eigenvalue weighted by Crippen LogP contribution is -2.62. The predicted molar refractivity (Wildman–Crippen MR) is 52.7 cm³/mol. The molecule has 1 aliphatic carbocycles. The van der Waals surface area contributed by atoms with Crippen LogP contribution in [0.2, 0.25) is 0 Å². The largest absolute Gasteiger partial charge is 0.389 e. The fourth-order valence-corrected chi connectivity index (χ4v) is 2.40. The molecule has 1 N–H and O–H groups in total. The van der Waals surface area contributed by atoms with Gasteiger partial charge < -0.3 is 10.0 Å². The summed E-state index contributed by atoms with van der Waals surface area (Å²) in [5, 5.41) is 9.94. The van der Waals surface area contributed by atoms with Crippen molar-refractivity contribution >= 4 is 0 Å². The second-order valence-electron chi connectivity index (χ2n) is 4.75. The molecule has 3 nitrogen and oxygen atoms in total. The molecule has 0 amide bonds. The molecule has 76 valence electrons. The van der Waals surface area contributed by atoms with E-state index in [0.29, 0.717) is 6.04 Å². The molecule has 2 atom stereocenters. The van der Waals surface area contributed by atoms with Crippen LogP contribution in [-0.4, -0.2) is 59.8 Å². The molecular formula is C10H20N2O. The Labute approximate surface area is 80.3 Å². The Hall–Kier alpha value is -0.120. The van der Waals surface area contributed by atoms with Crippen molar-refractivity contribution in [1.82, 2.24) is 9.80 Å².